The molecule has 102 valence electrons. The molecule has 0 bridgehead atoms. The fourth-order valence-electron chi connectivity index (χ4n) is 1.57. The van der Waals surface area contributed by atoms with Crippen molar-refractivity contribution in [1.82, 2.24) is 14.8 Å². The van der Waals surface area contributed by atoms with Gasteiger partial charge in [-0.1, -0.05) is 6.92 Å². The molecule has 2 heterocycles. The smallest absolute Gasteiger partial charge is 0.323 e. The lowest BCUT2D eigenvalue weighted by molar-refractivity contribution is -0.137. The highest BCUT2D eigenvalue weighted by molar-refractivity contribution is 5.30. The minimum absolute atomic E-state index is 0.169. The number of aromatic nitrogens is 3. The average Bonchev–Trinajstić information content (AvgIpc) is 2.87. The highest BCUT2D eigenvalue weighted by atomic mass is 19.4. The summed E-state index contributed by atoms with van der Waals surface area (Å²) in [4.78, 5) is 4.13. The van der Waals surface area contributed by atoms with E-state index in [0.717, 1.165) is 23.5 Å². The molecule has 2 N–H and O–H groups in total. The Morgan fingerprint density at radius 2 is 2.05 bits per heavy atom. The van der Waals surface area contributed by atoms with Gasteiger partial charge >= 0.3 is 6.18 Å². The quantitative estimate of drug-likeness (QED) is 0.932. The van der Waals surface area contributed by atoms with Crippen LogP contribution in [0.15, 0.2) is 30.7 Å². The molecule has 0 saturated heterocycles. The lowest BCUT2D eigenvalue weighted by Gasteiger charge is -2.08. The molecular formula is C12H13F3N4. The molecule has 0 aromatic carbocycles. The van der Waals surface area contributed by atoms with Crippen LogP contribution in [0, 0.1) is 0 Å². The van der Waals surface area contributed by atoms with Gasteiger partial charge in [0.2, 0.25) is 0 Å². The molecule has 0 saturated carbocycles. The minimum atomic E-state index is -4.39. The maximum absolute atomic E-state index is 12.4. The number of hydrogen-bond acceptors (Lipinski definition) is 3. The van der Waals surface area contributed by atoms with Crippen LogP contribution >= 0.6 is 0 Å². The Bertz CT molecular complexity index is 545. The van der Waals surface area contributed by atoms with Gasteiger partial charge in [-0.3, -0.25) is 4.98 Å². The molecule has 0 radical (unpaired) electrons. The molecule has 0 aliphatic heterocycles. The molecule has 0 fully saturated rings. The molecule has 7 heteroatoms. The molecule has 0 amide bonds. The molecule has 4 nitrogen and oxygen atoms in total. The molecule has 0 aliphatic rings. The van der Waals surface area contributed by atoms with Gasteiger partial charge in [0.25, 0.3) is 0 Å². The van der Waals surface area contributed by atoms with Gasteiger partial charge in [0, 0.05) is 12.2 Å². The van der Waals surface area contributed by atoms with Gasteiger partial charge in [0.05, 0.1) is 29.3 Å². The maximum Gasteiger partial charge on any atom is 0.419 e. The van der Waals surface area contributed by atoms with Gasteiger partial charge in [-0.05, 0) is 18.6 Å². The summed E-state index contributed by atoms with van der Waals surface area (Å²) < 4.78 is 38.5. The van der Waals surface area contributed by atoms with Crippen molar-refractivity contribution >= 4 is 0 Å². The summed E-state index contributed by atoms with van der Waals surface area (Å²) in [6.45, 7) is 1.93. The van der Waals surface area contributed by atoms with Gasteiger partial charge in [0.1, 0.15) is 0 Å². The van der Waals surface area contributed by atoms with Crippen molar-refractivity contribution in [2.24, 2.45) is 5.73 Å². The van der Waals surface area contributed by atoms with Crippen molar-refractivity contribution in [3.63, 3.8) is 0 Å². The molecule has 19 heavy (non-hydrogen) atoms. The van der Waals surface area contributed by atoms with Crippen LogP contribution in [0.5, 0.6) is 0 Å². The third-order valence-corrected chi connectivity index (χ3v) is 2.76. The molecular weight excluding hydrogens is 257 g/mol. The highest BCUT2D eigenvalue weighted by Crippen LogP contribution is 2.29. The zero-order valence-corrected chi connectivity index (χ0v) is 10.2. The van der Waals surface area contributed by atoms with Crippen molar-refractivity contribution in [3.05, 3.63) is 42.0 Å². The number of nitrogens with two attached hydrogens (primary N) is 1. The first kappa shape index (κ1) is 13.5. The van der Waals surface area contributed by atoms with Crippen molar-refractivity contribution in [3.8, 4) is 5.69 Å². The van der Waals surface area contributed by atoms with Crippen LogP contribution in [0.4, 0.5) is 13.2 Å². The Labute approximate surface area is 108 Å². The van der Waals surface area contributed by atoms with E-state index in [-0.39, 0.29) is 6.04 Å². The normalized spacial score (nSPS) is 13.5. The maximum atomic E-state index is 12.4. The zero-order chi connectivity index (χ0) is 14.0. The van der Waals surface area contributed by atoms with Crippen LogP contribution in [-0.4, -0.2) is 14.8 Å². The van der Waals surface area contributed by atoms with E-state index >= 15 is 0 Å². The number of alkyl halides is 3. The minimum Gasteiger partial charge on any atom is -0.323 e. The number of nitrogens with zero attached hydrogens (tertiary/aromatic N) is 3. The van der Waals surface area contributed by atoms with Crippen molar-refractivity contribution in [2.45, 2.75) is 25.6 Å². The van der Waals surface area contributed by atoms with Crippen LogP contribution in [0.2, 0.25) is 0 Å². The van der Waals surface area contributed by atoms with E-state index in [9.17, 15) is 13.2 Å². The lowest BCUT2D eigenvalue weighted by Crippen LogP contribution is -2.10. The Kier molecular flexibility index (Phi) is 3.57. The van der Waals surface area contributed by atoms with E-state index in [1.54, 1.807) is 12.1 Å². The number of hydrogen-bond donors (Lipinski definition) is 1. The average molecular weight is 270 g/mol. The molecule has 2 rings (SSSR count). The van der Waals surface area contributed by atoms with Crippen LogP contribution in [0.1, 0.15) is 30.6 Å². The van der Waals surface area contributed by atoms with E-state index < -0.39 is 11.7 Å². The third-order valence-electron chi connectivity index (χ3n) is 2.76. The fraction of sp³-hybridized carbons (Fsp3) is 0.333. The monoisotopic (exact) mass is 270 g/mol. The topological polar surface area (TPSA) is 56.7 Å². The van der Waals surface area contributed by atoms with Crippen molar-refractivity contribution in [1.29, 1.82) is 0 Å². The van der Waals surface area contributed by atoms with E-state index in [4.69, 9.17) is 5.73 Å². The zero-order valence-electron chi connectivity index (χ0n) is 10.2. The van der Waals surface area contributed by atoms with Gasteiger partial charge in [-0.15, -0.1) is 0 Å². The summed E-state index contributed by atoms with van der Waals surface area (Å²) in [6, 6.07) is 3.17. The summed E-state index contributed by atoms with van der Waals surface area (Å²) in [5.74, 6) is 0. The Morgan fingerprint density at radius 3 is 2.53 bits per heavy atom. The highest BCUT2D eigenvalue weighted by Gasteiger charge is 2.32. The first-order valence-electron chi connectivity index (χ1n) is 5.75. The second-order valence-corrected chi connectivity index (χ2v) is 4.13. The summed E-state index contributed by atoms with van der Waals surface area (Å²) in [5, 5.41) is 3.67. The van der Waals surface area contributed by atoms with E-state index in [1.807, 2.05) is 6.92 Å². The molecule has 0 spiro atoms. The Hall–Kier alpha value is -1.89. The first-order valence-corrected chi connectivity index (χ1v) is 5.75. The summed E-state index contributed by atoms with van der Waals surface area (Å²) in [5.41, 5.74) is 6.18. The fourth-order valence-corrected chi connectivity index (χ4v) is 1.57. The lowest BCUT2D eigenvalue weighted by atomic mass is 10.1. The van der Waals surface area contributed by atoms with Crippen LogP contribution < -0.4 is 5.73 Å². The predicted molar refractivity (Wildman–Crippen MR) is 63.6 cm³/mol. The second kappa shape index (κ2) is 5.00. The standard InChI is InChI=1S/C12H13F3N4/c1-2-10(16)11-4-3-9(6-17-11)19-7-8(5-18-19)12(13,14)15/h3-7,10H,2,16H2,1H3/t10-/m1/s1. The van der Waals surface area contributed by atoms with Crippen molar-refractivity contribution < 1.29 is 13.2 Å². The van der Waals surface area contributed by atoms with Crippen LogP contribution in [0.25, 0.3) is 5.69 Å². The van der Waals surface area contributed by atoms with E-state index in [0.29, 0.717) is 11.4 Å². The molecule has 2 aromatic rings. The van der Waals surface area contributed by atoms with Crippen molar-refractivity contribution in [2.75, 3.05) is 0 Å². The Morgan fingerprint density at radius 1 is 1.32 bits per heavy atom. The van der Waals surface area contributed by atoms with Crippen LogP contribution in [-0.2, 0) is 6.18 Å². The number of rotatable bonds is 3. The third kappa shape index (κ3) is 2.93. The van der Waals surface area contributed by atoms with Crippen LogP contribution in [0.3, 0.4) is 0 Å². The van der Waals surface area contributed by atoms with Gasteiger partial charge in [-0.2, -0.15) is 18.3 Å². The summed E-state index contributed by atoms with van der Waals surface area (Å²) >= 11 is 0. The second-order valence-electron chi connectivity index (χ2n) is 4.13. The largest absolute Gasteiger partial charge is 0.419 e. The molecule has 2 aromatic heterocycles. The number of halogens is 3. The first-order chi connectivity index (χ1) is 8.91. The predicted octanol–water partition coefficient (Wildman–Crippen LogP) is 2.70. The summed E-state index contributed by atoms with van der Waals surface area (Å²) in [6.07, 6.45) is -0.483. The van der Waals surface area contributed by atoms with E-state index in [2.05, 4.69) is 10.1 Å². The van der Waals surface area contributed by atoms with Gasteiger partial charge < -0.3 is 5.73 Å². The molecule has 1 atom stereocenters. The summed E-state index contributed by atoms with van der Waals surface area (Å²) in [7, 11) is 0. The number of pyridine rings is 1. The van der Waals surface area contributed by atoms with E-state index in [1.165, 1.54) is 6.20 Å². The molecule has 0 aliphatic carbocycles. The van der Waals surface area contributed by atoms with Gasteiger partial charge in [0.15, 0.2) is 0 Å². The Balaban J connectivity index is 2.25. The SMILES string of the molecule is CC[C@@H](N)c1ccc(-n2cc(C(F)(F)F)cn2)cn1. The molecule has 0 unspecified atom stereocenters. The van der Waals surface area contributed by atoms with Gasteiger partial charge in [-0.25, -0.2) is 4.68 Å².